The zero-order chi connectivity index (χ0) is 14.8. The second kappa shape index (κ2) is 6.37. The Morgan fingerprint density at radius 3 is 2.70 bits per heavy atom. The zero-order valence-electron chi connectivity index (χ0n) is 11.8. The number of halogens is 1. The Morgan fingerprint density at radius 1 is 1.50 bits per heavy atom. The second-order valence-electron chi connectivity index (χ2n) is 5.26. The minimum atomic E-state index is -0.756. The number of carbonyl (C=O) groups excluding carboxylic acids is 1. The van der Waals surface area contributed by atoms with Gasteiger partial charge in [0, 0.05) is 6.54 Å². The molecule has 1 amide bonds. The third kappa shape index (κ3) is 3.68. The van der Waals surface area contributed by atoms with Crippen molar-refractivity contribution >= 4 is 29.3 Å². The van der Waals surface area contributed by atoms with E-state index in [1.54, 1.807) is 4.68 Å². The lowest BCUT2D eigenvalue weighted by Crippen LogP contribution is -2.46. The van der Waals surface area contributed by atoms with Crippen LogP contribution in [0.1, 0.15) is 24.2 Å². The van der Waals surface area contributed by atoms with Crippen LogP contribution >= 0.6 is 23.4 Å². The van der Waals surface area contributed by atoms with Crippen molar-refractivity contribution in [2.45, 2.75) is 38.8 Å². The fourth-order valence-electron chi connectivity index (χ4n) is 2.21. The third-order valence-electron chi connectivity index (χ3n) is 3.62. The number of nitrogens with one attached hydrogen (secondary N) is 1. The Balaban J connectivity index is 1.87. The average molecular weight is 318 g/mol. The van der Waals surface area contributed by atoms with Crippen LogP contribution in [0.25, 0.3) is 0 Å². The molecule has 1 aromatic rings. The van der Waals surface area contributed by atoms with Crippen molar-refractivity contribution in [1.82, 2.24) is 15.1 Å². The van der Waals surface area contributed by atoms with Crippen molar-refractivity contribution in [3.63, 3.8) is 0 Å². The number of nitrogens with zero attached hydrogens (tertiary/aromatic N) is 2. The lowest BCUT2D eigenvalue weighted by Gasteiger charge is -2.31. The van der Waals surface area contributed by atoms with Crippen molar-refractivity contribution in [3.05, 3.63) is 16.4 Å². The first-order valence-electron chi connectivity index (χ1n) is 6.68. The molecule has 112 valence electrons. The standard InChI is InChI=1S/C13H20ClN3O2S/c1-9-12(14)10(2)17(16-9)7-11(18)15-8-13(19)3-5-20-6-4-13/h19H,3-8H2,1-2H3,(H,15,18). The van der Waals surface area contributed by atoms with Gasteiger partial charge in [0.25, 0.3) is 0 Å². The van der Waals surface area contributed by atoms with E-state index in [1.807, 2.05) is 25.6 Å². The predicted molar refractivity (Wildman–Crippen MR) is 81.2 cm³/mol. The molecule has 1 aliphatic rings. The highest BCUT2D eigenvalue weighted by Gasteiger charge is 2.29. The number of aryl methyl sites for hydroxylation is 1. The SMILES string of the molecule is Cc1nn(CC(=O)NCC2(O)CCSCC2)c(C)c1Cl. The summed E-state index contributed by atoms with van der Waals surface area (Å²) >= 11 is 7.88. The summed E-state index contributed by atoms with van der Waals surface area (Å²) < 4.78 is 1.59. The van der Waals surface area contributed by atoms with Gasteiger partial charge in [-0.05, 0) is 38.2 Å². The molecule has 0 bridgehead atoms. The average Bonchev–Trinajstić information content (AvgIpc) is 2.65. The van der Waals surface area contributed by atoms with Gasteiger partial charge in [0.1, 0.15) is 6.54 Å². The quantitative estimate of drug-likeness (QED) is 0.883. The topological polar surface area (TPSA) is 67.2 Å². The minimum Gasteiger partial charge on any atom is -0.388 e. The number of amides is 1. The Morgan fingerprint density at radius 2 is 2.15 bits per heavy atom. The van der Waals surface area contributed by atoms with E-state index >= 15 is 0 Å². The van der Waals surface area contributed by atoms with Crippen molar-refractivity contribution in [2.24, 2.45) is 0 Å². The van der Waals surface area contributed by atoms with Crippen molar-refractivity contribution in [2.75, 3.05) is 18.1 Å². The van der Waals surface area contributed by atoms with Gasteiger partial charge < -0.3 is 10.4 Å². The lowest BCUT2D eigenvalue weighted by atomic mass is 9.97. The highest BCUT2D eigenvalue weighted by atomic mass is 35.5. The van der Waals surface area contributed by atoms with Gasteiger partial charge in [-0.15, -0.1) is 0 Å². The molecule has 1 fully saturated rings. The van der Waals surface area contributed by atoms with Crippen molar-refractivity contribution in [3.8, 4) is 0 Å². The summed E-state index contributed by atoms with van der Waals surface area (Å²) in [5.74, 6) is 1.73. The third-order valence-corrected chi connectivity index (χ3v) is 5.16. The molecule has 0 atom stereocenters. The highest BCUT2D eigenvalue weighted by Crippen LogP contribution is 2.26. The molecule has 0 aliphatic carbocycles. The first kappa shape index (κ1) is 15.7. The Hall–Kier alpha value is -0.720. The lowest BCUT2D eigenvalue weighted by molar-refractivity contribution is -0.123. The van der Waals surface area contributed by atoms with Gasteiger partial charge in [0.15, 0.2) is 0 Å². The highest BCUT2D eigenvalue weighted by molar-refractivity contribution is 7.99. The zero-order valence-corrected chi connectivity index (χ0v) is 13.4. The van der Waals surface area contributed by atoms with Crippen molar-refractivity contribution in [1.29, 1.82) is 0 Å². The van der Waals surface area contributed by atoms with E-state index in [1.165, 1.54) is 0 Å². The van der Waals surface area contributed by atoms with E-state index < -0.39 is 5.60 Å². The number of hydrogen-bond donors (Lipinski definition) is 2. The summed E-state index contributed by atoms with van der Waals surface area (Å²) in [6, 6.07) is 0. The minimum absolute atomic E-state index is 0.129. The van der Waals surface area contributed by atoms with E-state index in [2.05, 4.69) is 10.4 Å². The number of aliphatic hydroxyl groups is 1. The van der Waals surface area contributed by atoms with E-state index in [4.69, 9.17) is 11.6 Å². The fourth-order valence-corrected chi connectivity index (χ4v) is 3.60. The van der Waals surface area contributed by atoms with E-state index in [-0.39, 0.29) is 12.5 Å². The van der Waals surface area contributed by atoms with Crippen molar-refractivity contribution < 1.29 is 9.90 Å². The summed E-state index contributed by atoms with van der Waals surface area (Å²) in [6.45, 7) is 4.08. The molecule has 5 nitrogen and oxygen atoms in total. The molecule has 0 unspecified atom stereocenters. The molecule has 7 heteroatoms. The summed E-state index contributed by atoms with van der Waals surface area (Å²) in [5, 5.41) is 17.9. The van der Waals surface area contributed by atoms with Gasteiger partial charge in [-0.1, -0.05) is 11.6 Å². The molecule has 0 spiro atoms. The van der Waals surface area contributed by atoms with Crippen LogP contribution in [0, 0.1) is 13.8 Å². The monoisotopic (exact) mass is 317 g/mol. The molecule has 2 rings (SSSR count). The number of rotatable bonds is 4. The van der Waals surface area contributed by atoms with E-state index in [0.717, 1.165) is 35.7 Å². The maximum absolute atomic E-state index is 11.9. The number of carbonyl (C=O) groups is 1. The molecule has 1 aliphatic heterocycles. The maximum Gasteiger partial charge on any atom is 0.241 e. The molecule has 20 heavy (non-hydrogen) atoms. The van der Waals surface area contributed by atoms with Crippen LogP contribution in [0.2, 0.25) is 5.02 Å². The van der Waals surface area contributed by atoms with Gasteiger partial charge in [0.05, 0.1) is 22.0 Å². The Bertz CT molecular complexity index is 498. The molecular weight excluding hydrogens is 298 g/mol. The van der Waals surface area contributed by atoms with E-state index in [0.29, 0.717) is 11.6 Å². The Labute approximate surface area is 128 Å². The van der Waals surface area contributed by atoms with Crippen LogP contribution in [0.3, 0.4) is 0 Å². The number of hydrogen-bond acceptors (Lipinski definition) is 4. The summed E-state index contributed by atoms with van der Waals surface area (Å²) in [6.07, 6.45) is 1.45. The summed E-state index contributed by atoms with van der Waals surface area (Å²) in [7, 11) is 0. The fraction of sp³-hybridized carbons (Fsp3) is 0.692. The first-order chi connectivity index (χ1) is 9.41. The van der Waals surface area contributed by atoms with Crippen LogP contribution < -0.4 is 5.32 Å². The van der Waals surface area contributed by atoms with Gasteiger partial charge in [-0.2, -0.15) is 16.9 Å². The van der Waals surface area contributed by atoms with E-state index in [9.17, 15) is 9.90 Å². The smallest absolute Gasteiger partial charge is 0.241 e. The van der Waals surface area contributed by atoms with Gasteiger partial charge in [-0.3, -0.25) is 9.48 Å². The first-order valence-corrected chi connectivity index (χ1v) is 8.21. The predicted octanol–water partition coefficient (Wildman–Crippen LogP) is 1.53. The molecular formula is C13H20ClN3O2S. The molecule has 2 N–H and O–H groups in total. The summed E-state index contributed by atoms with van der Waals surface area (Å²) in [4.78, 5) is 11.9. The normalized spacial score (nSPS) is 18.0. The molecule has 0 radical (unpaired) electrons. The molecule has 1 aromatic heterocycles. The van der Waals surface area contributed by atoms with Crippen LogP contribution in [-0.2, 0) is 11.3 Å². The second-order valence-corrected chi connectivity index (χ2v) is 6.86. The Kier molecular flexibility index (Phi) is 4.99. The van der Waals surface area contributed by atoms with Gasteiger partial charge in [-0.25, -0.2) is 0 Å². The van der Waals surface area contributed by atoms with Crippen LogP contribution in [-0.4, -0.2) is 44.4 Å². The molecule has 1 saturated heterocycles. The largest absolute Gasteiger partial charge is 0.388 e. The molecule has 0 aromatic carbocycles. The van der Waals surface area contributed by atoms with Crippen LogP contribution in [0.4, 0.5) is 0 Å². The molecule has 0 saturated carbocycles. The van der Waals surface area contributed by atoms with Gasteiger partial charge >= 0.3 is 0 Å². The van der Waals surface area contributed by atoms with Crippen LogP contribution in [0.15, 0.2) is 0 Å². The van der Waals surface area contributed by atoms with Crippen LogP contribution in [0.5, 0.6) is 0 Å². The molecule has 2 heterocycles. The van der Waals surface area contributed by atoms with Gasteiger partial charge in [0.2, 0.25) is 5.91 Å². The number of thioether (sulfide) groups is 1. The maximum atomic E-state index is 11.9. The summed E-state index contributed by atoms with van der Waals surface area (Å²) in [5.41, 5.74) is 0.750. The number of aromatic nitrogens is 2.